The molecule has 0 aromatic carbocycles. The number of rotatable bonds is 40. The van der Waals surface area contributed by atoms with Crippen LogP contribution in [0.15, 0.2) is 89.2 Å². The predicted octanol–water partition coefficient (Wildman–Crippen LogP) is 28.5. The van der Waals surface area contributed by atoms with Crippen molar-refractivity contribution in [2.75, 3.05) is 109 Å². The minimum absolute atomic E-state index is 0.00181. The van der Waals surface area contributed by atoms with Gasteiger partial charge in [-0.2, -0.15) is 0 Å². The fraction of sp³-hybridized carbons (Fsp3) is 0.846. The zero-order valence-corrected chi connectivity index (χ0v) is 85.0. The quantitative estimate of drug-likeness (QED) is 0.0535. The smallest absolute Gasteiger partial charge is 0.0836 e. The lowest BCUT2D eigenvalue weighted by molar-refractivity contribution is 0.0109. The van der Waals surface area contributed by atoms with E-state index >= 15 is 0 Å². The van der Waals surface area contributed by atoms with Crippen molar-refractivity contribution in [3.05, 3.63) is 89.2 Å². The third kappa shape index (κ3) is 45.8. The van der Waals surface area contributed by atoms with E-state index in [1.807, 2.05) is 90.0 Å². The van der Waals surface area contributed by atoms with E-state index in [1.165, 1.54) is 6.92 Å². The summed E-state index contributed by atoms with van der Waals surface area (Å²) in [6, 6.07) is 0. The number of hydrogen-bond donors (Lipinski definition) is 0. The summed E-state index contributed by atoms with van der Waals surface area (Å²) in [5.74, 6) is 0. The van der Waals surface area contributed by atoms with Crippen LogP contribution < -0.4 is 0 Å². The van der Waals surface area contributed by atoms with Crippen LogP contribution in [0.1, 0.15) is 445 Å². The molecule has 0 aliphatic carbocycles. The maximum Gasteiger partial charge on any atom is 0.0836 e. The molecule has 0 bridgehead atoms. The first-order valence-electron chi connectivity index (χ1n) is 62.3. The molecule has 0 amide bonds. The normalized spacial score (nSPS) is 22.6. The van der Waals surface area contributed by atoms with Gasteiger partial charge in [-0.05, 0) is 477 Å². The highest BCUT2D eigenvalue weighted by molar-refractivity contribution is 5.31. The Hall–Kier alpha value is -2.72. The second-order valence-corrected chi connectivity index (χ2v) is 37.4. The molecule has 16 heteroatoms. The third-order valence-corrected chi connectivity index (χ3v) is 24.2. The molecule has 0 heterocycles. The van der Waals surface area contributed by atoms with Crippen molar-refractivity contribution in [2.45, 2.75) is 477 Å². The SMILES string of the molecule is [2H]C(C)OC(C)(C)/C(C)=C(/C)C(C)(C)OC([2H])([2H])[2H].[2H]C(OC(C)(C)/C(C)=C(/C)C(C)(C)OC([2H])([2H])[2H])C([2H])([2H])[2H].[2H]C([2H])([2H])COC(C)(C)/C(C)=C(/C)C(C)(C)OC([2H])([2H])[2H].[2H]C([2H])([2H])OC(C)(C)/C(C)=C(/C)C(C)(C)OC([2H])([2H])C.[2H]C([2H])C([2H])OC(C)(C)/C(C)=C(/C)C(C)(C)OC([2H])([2H])[2H].[2H]C([2H])COC(C)(C)/C(C)=C(/C)C(C)(C)OC([2H])([2H])[2H].[2H]CC([2H])OC(C)(C)/C(C)=C(/C)C(C)(C)OC([2H])([2H])[2H].[2H]CCOC(C)(C)/C(C)=C(/C)C(C)(C)OC([2H])([2H])[2H]. The summed E-state index contributed by atoms with van der Waals surface area (Å²) >= 11 is 0. The molecule has 0 saturated carbocycles. The van der Waals surface area contributed by atoms with Crippen molar-refractivity contribution in [1.82, 2.24) is 0 Å². The molecule has 4 atom stereocenters. The van der Waals surface area contributed by atoms with Gasteiger partial charge in [-0.15, -0.1) is 0 Å². The van der Waals surface area contributed by atoms with Gasteiger partial charge in [0.15, 0.2) is 0 Å². The first-order valence-corrected chi connectivity index (χ1v) is 40.3. The van der Waals surface area contributed by atoms with Crippen LogP contribution in [0.5, 0.6) is 0 Å². The Bertz CT molecular complexity index is 4650. The summed E-state index contributed by atoms with van der Waals surface area (Å²) in [5.41, 5.74) is -1.90. The van der Waals surface area contributed by atoms with Crippen LogP contribution in [0.3, 0.4) is 0 Å². The van der Waals surface area contributed by atoms with Gasteiger partial charge in [-0.1, -0.05) is 0 Å². The predicted molar refractivity (Wildman–Crippen MR) is 521 cm³/mol. The highest BCUT2D eigenvalue weighted by Crippen LogP contribution is 2.38. The summed E-state index contributed by atoms with van der Waals surface area (Å²) in [5, 5.41) is 0. The second-order valence-electron chi connectivity index (χ2n) is 37.4. The molecule has 0 radical (unpaired) electrons. The van der Waals surface area contributed by atoms with Gasteiger partial charge in [0.2, 0.25) is 0 Å². The number of methoxy groups -OCH3 is 8. The van der Waals surface area contributed by atoms with Gasteiger partial charge in [-0.25, -0.2) is 0 Å². The molecule has 0 aliphatic heterocycles. The fourth-order valence-electron chi connectivity index (χ4n) is 10.3. The monoisotopic (exact) mass is 1760 g/mol. The molecule has 0 rings (SSSR count). The Balaban J connectivity index is -0.000000279. The van der Waals surface area contributed by atoms with Crippen LogP contribution in [0.4, 0.5) is 0 Å². The highest BCUT2D eigenvalue weighted by atomic mass is 16.5. The minimum atomic E-state index is -2.55. The van der Waals surface area contributed by atoms with Gasteiger partial charge in [0.1, 0.15) is 0 Å². The van der Waals surface area contributed by atoms with Crippen molar-refractivity contribution < 1.29 is 133 Å². The van der Waals surface area contributed by atoms with E-state index in [0.29, 0.717) is 34.5 Å². The van der Waals surface area contributed by atoms with E-state index in [9.17, 15) is 0 Å². The second kappa shape index (κ2) is 56.6. The summed E-state index contributed by atoms with van der Waals surface area (Å²) in [4.78, 5) is 0. The molecule has 0 spiro atoms. The topological polar surface area (TPSA) is 148 Å². The van der Waals surface area contributed by atoms with E-state index in [4.69, 9.17) is 133 Å². The van der Waals surface area contributed by atoms with Crippen molar-refractivity contribution in [3.8, 4) is 0 Å². The zero-order valence-electron chi connectivity index (χ0n) is 127. The van der Waals surface area contributed by atoms with E-state index in [2.05, 4.69) is 0 Å². The average molecular weight is 1760 g/mol. The standard InChI is InChI=1S/8C13H26O2/c8*1-9-15-13(6,7)11(3)10(2)12(4,5)14-8/h8*9H2,1-8H3/b8*11-10-/i1D3,8D3,9D;1D2,8D3,9D;1D,8D3,9D;8D3,9D2;8D3,9D;1D3,8D3;1D2,8D3;1D,8D3. The van der Waals surface area contributed by atoms with Gasteiger partial charge in [-0.3, -0.25) is 0 Å². The van der Waals surface area contributed by atoms with Crippen LogP contribution in [0.25, 0.3) is 0 Å². The Morgan fingerprint density at radius 2 is 0.367 bits per heavy atom. The van der Waals surface area contributed by atoms with E-state index in [1.54, 1.807) is 249 Å². The first kappa shape index (κ1) is 69.3. The molecular weight excluding hydrogens is 1510 g/mol. The number of ether oxygens (including phenoxy) is 16. The van der Waals surface area contributed by atoms with Gasteiger partial charge >= 0.3 is 0 Å². The summed E-state index contributed by atoms with van der Waals surface area (Å²) in [6.45, 7) is 73.8. The molecule has 0 N–H and O–H groups in total. The molecule has 0 aliphatic rings. The maximum absolute atomic E-state index is 7.58. The van der Waals surface area contributed by atoms with Crippen molar-refractivity contribution >= 4 is 0 Å². The van der Waals surface area contributed by atoms with E-state index in [-0.39, 0.29) is 27.0 Å². The molecular formula is C104H208O16. The highest BCUT2D eigenvalue weighted by Gasteiger charge is 2.36. The van der Waals surface area contributed by atoms with Gasteiger partial charge in [0, 0.05) is 125 Å². The Morgan fingerprint density at radius 3 is 0.542 bits per heavy atom. The molecule has 4 unspecified atom stereocenters. The van der Waals surface area contributed by atoms with Crippen LogP contribution in [-0.4, -0.2) is 199 Å². The molecule has 0 saturated heterocycles. The lowest BCUT2D eigenvalue weighted by Crippen LogP contribution is -2.32. The lowest BCUT2D eigenvalue weighted by Gasteiger charge is -2.33. The Labute approximate surface area is 807 Å². The maximum atomic E-state index is 7.58. The van der Waals surface area contributed by atoms with Gasteiger partial charge in [0.25, 0.3) is 0 Å². The van der Waals surface area contributed by atoms with E-state index < -0.39 is 206 Å². The molecule has 0 aromatic rings. The third-order valence-electron chi connectivity index (χ3n) is 24.2. The van der Waals surface area contributed by atoms with Crippen LogP contribution in [0.2, 0.25) is 0 Å². The lowest BCUT2D eigenvalue weighted by atomic mass is 9.87. The molecule has 16 nitrogen and oxygen atoms in total. The molecule has 120 heavy (non-hydrogen) atoms. The van der Waals surface area contributed by atoms with Crippen LogP contribution >= 0.6 is 0 Å². The van der Waals surface area contributed by atoms with Crippen LogP contribution in [-0.2, 0) is 75.8 Å². The van der Waals surface area contributed by atoms with E-state index in [0.717, 1.165) is 61.3 Å². The minimum Gasteiger partial charge on any atom is -0.374 e. The molecule has 720 valence electrons. The Kier molecular flexibility index (Phi) is 32.7. The number of hydrogen-bond acceptors (Lipinski definition) is 16. The largest absolute Gasteiger partial charge is 0.374 e. The molecule has 0 fully saturated rings. The zero-order chi connectivity index (χ0) is 133. The first-order chi connectivity index (χ1) is 69.9. The van der Waals surface area contributed by atoms with Crippen LogP contribution in [0, 0.1) is 0 Å². The summed E-state index contributed by atoms with van der Waals surface area (Å²) < 4.78 is 390. The van der Waals surface area contributed by atoms with Crippen molar-refractivity contribution in [3.63, 3.8) is 0 Å². The fourth-order valence-corrected chi connectivity index (χ4v) is 10.3. The van der Waals surface area contributed by atoms with Crippen molar-refractivity contribution in [2.24, 2.45) is 0 Å². The Morgan fingerprint density at radius 1 is 0.183 bits per heavy atom. The molecule has 0 aromatic heterocycles. The summed E-state index contributed by atoms with van der Waals surface area (Å²) in [6.07, 6.45) is 0. The summed E-state index contributed by atoms with van der Waals surface area (Å²) in [7, 11) is -19.9. The van der Waals surface area contributed by atoms with Crippen molar-refractivity contribution in [1.29, 1.82) is 0 Å². The van der Waals surface area contributed by atoms with Gasteiger partial charge in [0.05, 0.1) is 131 Å². The average Bonchev–Trinajstić information content (AvgIpc) is 0.796. The van der Waals surface area contributed by atoms with Gasteiger partial charge < -0.3 is 75.8 Å².